The maximum absolute atomic E-state index is 13.4. The van der Waals surface area contributed by atoms with Crippen molar-refractivity contribution in [2.45, 2.75) is 441 Å². The Morgan fingerprint density at radius 3 is 1.03 bits per heavy atom. The minimum Gasteiger partial charge on any atom is -0.394 e. The van der Waals surface area contributed by atoms with E-state index >= 15 is 0 Å². The molecule has 103 heavy (non-hydrogen) atoms. The number of aliphatic hydroxyl groups is 8. The topological polar surface area (TPSA) is 228 Å². The van der Waals surface area contributed by atoms with Crippen LogP contribution in [0, 0.1) is 0 Å². The van der Waals surface area contributed by atoms with E-state index in [4.69, 9.17) is 18.9 Å². The van der Waals surface area contributed by atoms with Crippen molar-refractivity contribution in [2.75, 3.05) is 19.8 Å². The Hall–Kier alpha value is -3.09. The molecule has 14 nitrogen and oxygen atoms in total. The van der Waals surface area contributed by atoms with Crippen LogP contribution in [0.3, 0.4) is 0 Å². The van der Waals surface area contributed by atoms with Crippen molar-refractivity contribution in [3.63, 3.8) is 0 Å². The maximum atomic E-state index is 13.4. The average molecular weight is 1450 g/mol. The molecule has 1 amide bonds. The fraction of sp³-hybridized carbons (Fsp3) is 0.809. The van der Waals surface area contributed by atoms with Gasteiger partial charge < -0.3 is 65.1 Å². The smallest absolute Gasteiger partial charge is 0.220 e. The van der Waals surface area contributed by atoms with E-state index in [1.807, 2.05) is 0 Å². The Kier molecular flexibility index (Phi) is 66.9. The van der Waals surface area contributed by atoms with Gasteiger partial charge in [-0.1, -0.05) is 381 Å². The summed E-state index contributed by atoms with van der Waals surface area (Å²) in [5, 5.41) is 88.0. The highest BCUT2D eigenvalue weighted by molar-refractivity contribution is 5.76. The lowest BCUT2D eigenvalue weighted by atomic mass is 9.97. The van der Waals surface area contributed by atoms with Crippen LogP contribution in [-0.2, 0) is 23.7 Å². The summed E-state index contributed by atoms with van der Waals surface area (Å²) in [5.74, 6) is -0.207. The first-order chi connectivity index (χ1) is 50.6. The third-order valence-corrected chi connectivity index (χ3v) is 20.6. The molecule has 2 rings (SSSR count). The van der Waals surface area contributed by atoms with E-state index in [1.165, 1.54) is 231 Å². The van der Waals surface area contributed by atoms with Crippen LogP contribution >= 0.6 is 0 Å². The highest BCUT2D eigenvalue weighted by atomic mass is 16.7. The zero-order chi connectivity index (χ0) is 74.4. The van der Waals surface area contributed by atoms with Crippen molar-refractivity contribution in [1.82, 2.24) is 5.32 Å². The summed E-state index contributed by atoms with van der Waals surface area (Å²) in [6.45, 7) is 2.80. The molecule has 0 spiro atoms. The fourth-order valence-corrected chi connectivity index (χ4v) is 13.8. The number of hydrogen-bond donors (Lipinski definition) is 9. The molecule has 0 aromatic heterocycles. The van der Waals surface area contributed by atoms with Gasteiger partial charge in [-0.25, -0.2) is 0 Å². The molecular formula is C89H159NO13. The van der Waals surface area contributed by atoms with Gasteiger partial charge in [-0.15, -0.1) is 0 Å². The summed E-state index contributed by atoms with van der Waals surface area (Å²) in [7, 11) is 0. The molecule has 12 atom stereocenters. The van der Waals surface area contributed by atoms with E-state index in [0.717, 1.165) is 109 Å². The van der Waals surface area contributed by atoms with Crippen LogP contribution < -0.4 is 5.32 Å². The molecule has 2 saturated heterocycles. The number of unbranched alkanes of at least 4 members (excludes halogenated alkanes) is 43. The van der Waals surface area contributed by atoms with E-state index in [1.54, 1.807) is 0 Å². The number of nitrogens with one attached hydrogen (secondary N) is 1. The van der Waals surface area contributed by atoms with E-state index in [0.29, 0.717) is 12.8 Å². The Morgan fingerprint density at radius 2 is 0.670 bits per heavy atom. The summed E-state index contributed by atoms with van der Waals surface area (Å²) >= 11 is 0. The van der Waals surface area contributed by atoms with Crippen LogP contribution in [-0.4, -0.2) is 140 Å². The SMILES string of the molecule is CC/C=C\C/C=C\C/C=C\C/C=C\C/C=C\C/C=C\C/C=C\C/C=C\CCCCCCCCCCCCCCC(=O)NC(COC1OC(CO)C(OC2OC(CO)C(O)C(O)C2O)C(O)C1O)C(O)CCCCCCCCCCCCCCCCCCCCCCCCCCCCCCCCCC. The van der Waals surface area contributed by atoms with Gasteiger partial charge in [0.2, 0.25) is 5.91 Å². The number of carbonyl (C=O) groups excluding carboxylic acids is 1. The normalized spacial score (nSPS) is 22.0. The van der Waals surface area contributed by atoms with Crippen LogP contribution in [0.1, 0.15) is 367 Å². The van der Waals surface area contributed by atoms with E-state index in [-0.39, 0.29) is 12.5 Å². The molecule has 0 radical (unpaired) electrons. The van der Waals surface area contributed by atoms with Crippen LogP contribution in [0.2, 0.25) is 0 Å². The summed E-state index contributed by atoms with van der Waals surface area (Å²) in [6.07, 6.45) is 86.0. The second-order valence-corrected chi connectivity index (χ2v) is 29.9. The third kappa shape index (κ3) is 54.2. The quantitative estimate of drug-likeness (QED) is 0.0204. The number of carbonyl (C=O) groups is 1. The molecule has 2 aliphatic heterocycles. The predicted octanol–water partition coefficient (Wildman–Crippen LogP) is 20.4. The Morgan fingerprint density at radius 1 is 0.359 bits per heavy atom. The predicted molar refractivity (Wildman–Crippen MR) is 429 cm³/mol. The van der Waals surface area contributed by atoms with Crippen LogP contribution in [0.4, 0.5) is 0 Å². The van der Waals surface area contributed by atoms with Gasteiger partial charge in [-0.05, 0) is 77.0 Å². The van der Waals surface area contributed by atoms with Gasteiger partial charge in [0.15, 0.2) is 12.6 Å². The van der Waals surface area contributed by atoms with E-state index in [2.05, 4.69) is 116 Å². The number of allylic oxidation sites excluding steroid dienone is 16. The molecule has 598 valence electrons. The standard InChI is InChI=1S/C89H159NO13/c1-3-5-7-9-11-13-15-17-19-21-23-25-27-29-31-33-35-37-38-39-40-41-43-45-47-49-51-53-55-57-59-61-63-65-67-69-71-73-81(94)90-77(76-100-88-86(99)84(97)87(80(75-92)102-88)103-89-85(98)83(96)82(95)79(74-91)101-89)78(93)72-70-68-66-64-62-60-58-56-54-52-50-48-46-44-42-36-34-32-30-28-26-24-22-20-18-16-14-12-10-8-6-4-2/h5,7,11,13,17,19,23,25,29,31,35,37,39-40,43,45,77-80,82-89,91-93,95-99H,3-4,6,8-10,12,14-16,18,20-22,24,26-28,30,32-34,36,38,41-42,44,46-76H2,1-2H3,(H,90,94)/b7-5-,13-11-,19-17-,25-23-,31-29-,37-35-,40-39-,45-43-. The number of ether oxygens (including phenoxy) is 4. The van der Waals surface area contributed by atoms with Gasteiger partial charge in [0.25, 0.3) is 0 Å². The van der Waals surface area contributed by atoms with Crippen molar-refractivity contribution in [3.05, 3.63) is 97.2 Å². The Bertz CT molecular complexity index is 2110. The molecule has 2 fully saturated rings. The van der Waals surface area contributed by atoms with Crippen LogP contribution in [0.5, 0.6) is 0 Å². The molecular weight excluding hydrogens is 1290 g/mol. The van der Waals surface area contributed by atoms with Gasteiger partial charge in [0, 0.05) is 6.42 Å². The van der Waals surface area contributed by atoms with Crippen molar-refractivity contribution in [1.29, 1.82) is 0 Å². The Balaban J connectivity index is 1.59. The zero-order valence-electron chi connectivity index (χ0n) is 65.8. The summed E-state index contributed by atoms with van der Waals surface area (Å²) < 4.78 is 23.0. The number of hydrogen-bond acceptors (Lipinski definition) is 13. The number of amides is 1. The largest absolute Gasteiger partial charge is 0.394 e. The van der Waals surface area contributed by atoms with Crippen molar-refractivity contribution < 1.29 is 64.6 Å². The first-order valence-corrected chi connectivity index (χ1v) is 43.0. The highest BCUT2D eigenvalue weighted by Gasteiger charge is 2.51. The molecule has 12 unspecified atom stereocenters. The summed E-state index contributed by atoms with van der Waals surface area (Å²) in [4.78, 5) is 13.4. The second kappa shape index (κ2) is 71.8. The number of rotatable bonds is 72. The average Bonchev–Trinajstić information content (AvgIpc) is 0.791. The molecule has 0 aromatic carbocycles. The molecule has 0 bridgehead atoms. The van der Waals surface area contributed by atoms with Gasteiger partial charge in [0.05, 0.1) is 32.0 Å². The third-order valence-electron chi connectivity index (χ3n) is 20.6. The zero-order valence-corrected chi connectivity index (χ0v) is 65.8. The van der Waals surface area contributed by atoms with Gasteiger partial charge in [0.1, 0.15) is 48.8 Å². The van der Waals surface area contributed by atoms with Gasteiger partial charge in [-0.2, -0.15) is 0 Å². The van der Waals surface area contributed by atoms with Crippen molar-refractivity contribution >= 4 is 5.91 Å². The van der Waals surface area contributed by atoms with E-state index in [9.17, 15) is 45.6 Å². The molecule has 9 N–H and O–H groups in total. The minimum absolute atomic E-state index is 0.207. The van der Waals surface area contributed by atoms with Gasteiger partial charge in [-0.3, -0.25) is 4.79 Å². The number of aliphatic hydroxyl groups excluding tert-OH is 8. The van der Waals surface area contributed by atoms with Crippen molar-refractivity contribution in [2.24, 2.45) is 0 Å². The van der Waals surface area contributed by atoms with Crippen molar-refractivity contribution in [3.8, 4) is 0 Å². The molecule has 0 aliphatic carbocycles. The molecule has 0 aromatic rings. The molecule has 2 aliphatic rings. The van der Waals surface area contributed by atoms with Crippen LogP contribution in [0.25, 0.3) is 0 Å². The second-order valence-electron chi connectivity index (χ2n) is 29.9. The first kappa shape index (κ1) is 96.0. The maximum Gasteiger partial charge on any atom is 0.220 e. The monoisotopic (exact) mass is 1450 g/mol. The van der Waals surface area contributed by atoms with E-state index < -0.39 is 86.8 Å². The van der Waals surface area contributed by atoms with Crippen LogP contribution in [0.15, 0.2) is 97.2 Å². The molecule has 0 saturated carbocycles. The summed E-state index contributed by atoms with van der Waals surface area (Å²) in [5.41, 5.74) is 0. The van der Waals surface area contributed by atoms with Gasteiger partial charge >= 0.3 is 0 Å². The lowest BCUT2D eigenvalue weighted by Gasteiger charge is -2.46. The molecule has 2 heterocycles. The Labute approximate surface area is 630 Å². The highest BCUT2D eigenvalue weighted by Crippen LogP contribution is 2.30. The fourth-order valence-electron chi connectivity index (χ4n) is 13.8. The first-order valence-electron chi connectivity index (χ1n) is 43.0. The summed E-state index contributed by atoms with van der Waals surface area (Å²) in [6, 6.07) is -0.838. The molecule has 14 heteroatoms. The lowest BCUT2D eigenvalue weighted by molar-refractivity contribution is -0.359. The lowest BCUT2D eigenvalue weighted by Crippen LogP contribution is -2.65. The minimum atomic E-state index is -1.79.